The highest BCUT2D eigenvalue weighted by atomic mass is 35.5. The van der Waals surface area contributed by atoms with E-state index >= 15 is 0 Å². The minimum Gasteiger partial charge on any atom is -0.478 e. The number of aliphatic hydroxyl groups is 1. The van der Waals surface area contributed by atoms with E-state index in [1.165, 1.54) is 36.6 Å². The standard InChI is InChI=1S/C26H23ClF3N3O4/c1-15-12-17(6-9-19(15)23(35)36)13-31-22(34)21-20(10-11-25(2,3)37)32-24(27)33(21)14-16-4-7-18(8-5-16)26(28,29)30/h4-9,12,37H,13-14H2,1-3H3,(H,31,34)(H,35,36). The number of aromatic carboxylic acids is 1. The van der Waals surface area contributed by atoms with Crippen molar-refractivity contribution in [2.75, 3.05) is 0 Å². The molecule has 37 heavy (non-hydrogen) atoms. The number of rotatable bonds is 6. The van der Waals surface area contributed by atoms with Gasteiger partial charge in [0.15, 0.2) is 0 Å². The van der Waals surface area contributed by atoms with E-state index in [4.69, 9.17) is 11.6 Å². The van der Waals surface area contributed by atoms with Crippen molar-refractivity contribution in [2.45, 2.75) is 45.6 Å². The number of benzene rings is 2. The number of aryl methyl sites for hydroxylation is 1. The van der Waals surface area contributed by atoms with Crippen LogP contribution in [0.3, 0.4) is 0 Å². The third-order valence-corrected chi connectivity index (χ3v) is 5.51. The number of aromatic nitrogens is 2. The number of halogens is 4. The second-order valence-corrected chi connectivity index (χ2v) is 9.14. The molecule has 194 valence electrons. The van der Waals surface area contributed by atoms with Gasteiger partial charge in [0.05, 0.1) is 17.7 Å². The zero-order valence-corrected chi connectivity index (χ0v) is 20.8. The number of carbonyl (C=O) groups excluding carboxylic acids is 1. The Kier molecular flexibility index (Phi) is 8.00. The minimum absolute atomic E-state index is 0.0195. The van der Waals surface area contributed by atoms with Crippen LogP contribution < -0.4 is 5.32 Å². The van der Waals surface area contributed by atoms with Crippen molar-refractivity contribution in [3.63, 3.8) is 0 Å². The zero-order chi connectivity index (χ0) is 27.5. The van der Waals surface area contributed by atoms with E-state index in [9.17, 15) is 33.0 Å². The molecule has 0 radical (unpaired) electrons. The molecule has 0 unspecified atom stereocenters. The second-order valence-electron chi connectivity index (χ2n) is 8.80. The molecular formula is C26H23ClF3N3O4. The van der Waals surface area contributed by atoms with Gasteiger partial charge in [-0.2, -0.15) is 13.2 Å². The number of carboxylic acids is 1. The fourth-order valence-corrected chi connectivity index (χ4v) is 3.65. The van der Waals surface area contributed by atoms with Crippen molar-refractivity contribution in [2.24, 2.45) is 0 Å². The summed E-state index contributed by atoms with van der Waals surface area (Å²) in [6.07, 6.45) is -4.49. The van der Waals surface area contributed by atoms with Gasteiger partial charge in [-0.1, -0.05) is 30.2 Å². The van der Waals surface area contributed by atoms with Crippen LogP contribution in [0.5, 0.6) is 0 Å². The van der Waals surface area contributed by atoms with E-state index in [1.54, 1.807) is 19.1 Å². The highest BCUT2D eigenvalue weighted by Crippen LogP contribution is 2.29. The van der Waals surface area contributed by atoms with E-state index in [0.29, 0.717) is 16.7 Å². The fraction of sp³-hybridized carbons (Fsp3) is 0.269. The molecule has 0 fully saturated rings. The molecule has 0 aliphatic heterocycles. The van der Waals surface area contributed by atoms with Crippen LogP contribution in [0, 0.1) is 18.8 Å². The molecule has 0 spiro atoms. The van der Waals surface area contributed by atoms with Crippen LogP contribution in [0.4, 0.5) is 13.2 Å². The Morgan fingerprint density at radius 1 is 1.11 bits per heavy atom. The summed E-state index contributed by atoms with van der Waals surface area (Å²) in [6, 6.07) is 9.04. The fourth-order valence-electron chi connectivity index (χ4n) is 3.42. The van der Waals surface area contributed by atoms with Crippen molar-refractivity contribution >= 4 is 23.5 Å². The quantitative estimate of drug-likeness (QED) is 0.400. The largest absolute Gasteiger partial charge is 0.478 e. The van der Waals surface area contributed by atoms with Crippen LogP contribution in [0.15, 0.2) is 42.5 Å². The molecule has 0 atom stereocenters. The number of alkyl halides is 3. The van der Waals surface area contributed by atoms with Gasteiger partial charge in [0.2, 0.25) is 5.28 Å². The van der Waals surface area contributed by atoms with Crippen molar-refractivity contribution in [3.05, 3.63) is 87.0 Å². The summed E-state index contributed by atoms with van der Waals surface area (Å²) in [4.78, 5) is 28.6. The van der Waals surface area contributed by atoms with Gasteiger partial charge >= 0.3 is 12.1 Å². The van der Waals surface area contributed by atoms with Crippen molar-refractivity contribution in [1.82, 2.24) is 14.9 Å². The first-order valence-corrected chi connectivity index (χ1v) is 11.3. The summed E-state index contributed by atoms with van der Waals surface area (Å²) in [7, 11) is 0. The number of hydrogen-bond acceptors (Lipinski definition) is 4. The van der Waals surface area contributed by atoms with E-state index in [-0.39, 0.29) is 35.3 Å². The summed E-state index contributed by atoms with van der Waals surface area (Å²) in [5.74, 6) is 3.53. The third-order valence-electron chi connectivity index (χ3n) is 5.22. The smallest absolute Gasteiger partial charge is 0.416 e. The molecule has 0 bridgehead atoms. The van der Waals surface area contributed by atoms with E-state index in [1.807, 2.05) is 0 Å². The lowest BCUT2D eigenvalue weighted by Gasteiger charge is -2.12. The van der Waals surface area contributed by atoms with Crippen LogP contribution in [0.2, 0.25) is 5.28 Å². The Hall–Kier alpha value is -3.81. The first kappa shape index (κ1) is 27.8. The predicted molar refractivity (Wildman–Crippen MR) is 130 cm³/mol. The van der Waals surface area contributed by atoms with Crippen LogP contribution in [0.25, 0.3) is 0 Å². The highest BCUT2D eigenvalue weighted by molar-refractivity contribution is 6.29. The number of carbonyl (C=O) groups is 2. The molecular weight excluding hydrogens is 511 g/mol. The third kappa shape index (κ3) is 7.12. The topological polar surface area (TPSA) is 104 Å². The van der Waals surface area contributed by atoms with Crippen molar-refractivity contribution < 1.29 is 33.0 Å². The zero-order valence-electron chi connectivity index (χ0n) is 20.1. The normalized spacial score (nSPS) is 11.6. The number of carboxylic acid groups (broad SMARTS) is 1. The van der Waals surface area contributed by atoms with Crippen LogP contribution in [-0.4, -0.2) is 37.2 Å². The monoisotopic (exact) mass is 533 g/mol. The average molecular weight is 534 g/mol. The maximum atomic E-state index is 13.2. The molecule has 0 saturated carbocycles. The summed E-state index contributed by atoms with van der Waals surface area (Å²) in [5.41, 5.74) is -0.530. The molecule has 0 aliphatic rings. The Labute approximate surface area is 215 Å². The first-order valence-electron chi connectivity index (χ1n) is 10.9. The van der Waals surface area contributed by atoms with Crippen LogP contribution in [0.1, 0.15) is 62.6 Å². The van der Waals surface area contributed by atoms with Gasteiger partial charge < -0.3 is 20.1 Å². The summed E-state index contributed by atoms with van der Waals surface area (Å²) < 4.78 is 40.1. The van der Waals surface area contributed by atoms with Gasteiger partial charge in [0.1, 0.15) is 17.0 Å². The van der Waals surface area contributed by atoms with Gasteiger partial charge in [0, 0.05) is 6.54 Å². The molecule has 1 aromatic heterocycles. The molecule has 3 N–H and O–H groups in total. The van der Waals surface area contributed by atoms with Gasteiger partial charge in [-0.25, -0.2) is 9.78 Å². The highest BCUT2D eigenvalue weighted by Gasteiger charge is 2.30. The van der Waals surface area contributed by atoms with Gasteiger partial charge in [-0.3, -0.25) is 4.79 Å². The Morgan fingerprint density at radius 2 is 1.73 bits per heavy atom. The number of nitrogens with one attached hydrogen (secondary N) is 1. The van der Waals surface area contributed by atoms with Gasteiger partial charge in [0.25, 0.3) is 5.91 Å². The average Bonchev–Trinajstić information content (AvgIpc) is 3.10. The minimum atomic E-state index is -4.49. The molecule has 2 aromatic carbocycles. The van der Waals surface area contributed by atoms with Gasteiger partial charge in [-0.05, 0) is 73.2 Å². The van der Waals surface area contributed by atoms with Crippen LogP contribution in [-0.2, 0) is 19.3 Å². The van der Waals surface area contributed by atoms with Crippen LogP contribution >= 0.6 is 11.6 Å². The maximum absolute atomic E-state index is 13.2. The Morgan fingerprint density at radius 3 is 2.27 bits per heavy atom. The maximum Gasteiger partial charge on any atom is 0.416 e. The molecule has 3 aromatic rings. The van der Waals surface area contributed by atoms with Gasteiger partial charge in [-0.15, -0.1) is 0 Å². The van der Waals surface area contributed by atoms with Crippen molar-refractivity contribution in [1.29, 1.82) is 0 Å². The molecule has 3 rings (SSSR count). The molecule has 1 heterocycles. The lowest BCUT2D eigenvalue weighted by Crippen LogP contribution is -2.27. The van der Waals surface area contributed by atoms with E-state index in [2.05, 4.69) is 22.1 Å². The lowest BCUT2D eigenvalue weighted by atomic mass is 10.1. The van der Waals surface area contributed by atoms with E-state index in [0.717, 1.165) is 12.1 Å². The number of hydrogen-bond donors (Lipinski definition) is 3. The SMILES string of the molecule is Cc1cc(CNC(=O)c2c(C#CC(C)(C)O)nc(Cl)n2Cc2ccc(C(F)(F)F)cc2)ccc1C(=O)O. The molecule has 0 aliphatic carbocycles. The molecule has 1 amide bonds. The Balaban J connectivity index is 1.94. The number of amides is 1. The molecule has 11 heteroatoms. The Bertz CT molecular complexity index is 1400. The van der Waals surface area contributed by atoms with E-state index < -0.39 is 29.2 Å². The number of nitrogens with zero attached hydrogens (tertiary/aromatic N) is 2. The lowest BCUT2D eigenvalue weighted by molar-refractivity contribution is -0.137. The molecule has 0 saturated heterocycles. The van der Waals surface area contributed by atoms with Crippen molar-refractivity contribution in [3.8, 4) is 11.8 Å². The predicted octanol–water partition coefficient (Wildman–Crippen LogP) is 4.66. The summed E-state index contributed by atoms with van der Waals surface area (Å²) >= 11 is 6.29. The number of imidazole rings is 1. The first-order chi connectivity index (χ1) is 17.2. The molecule has 7 nitrogen and oxygen atoms in total. The second kappa shape index (κ2) is 10.7. The summed E-state index contributed by atoms with van der Waals surface area (Å²) in [5, 5.41) is 21.8. The summed E-state index contributed by atoms with van der Waals surface area (Å²) in [6.45, 7) is 4.51.